The fourth-order valence-corrected chi connectivity index (χ4v) is 3.58. The summed E-state index contributed by atoms with van der Waals surface area (Å²) in [5, 5.41) is 8.91. The Labute approximate surface area is 162 Å². The number of fused-ring (bicyclic) bond motifs is 3. The Kier molecular flexibility index (Phi) is 4.69. The average molecular weight is 374 g/mol. The van der Waals surface area contributed by atoms with Gasteiger partial charge in [0, 0.05) is 29.9 Å². The molecule has 0 saturated heterocycles. The van der Waals surface area contributed by atoms with E-state index in [9.17, 15) is 9.59 Å². The number of hydrogen-bond donors (Lipinski definition) is 1. The number of nitrogens with one attached hydrogen (secondary N) is 1. The van der Waals surface area contributed by atoms with E-state index in [2.05, 4.69) is 17.3 Å². The molecule has 1 atom stereocenters. The van der Waals surface area contributed by atoms with E-state index < -0.39 is 0 Å². The summed E-state index contributed by atoms with van der Waals surface area (Å²) < 4.78 is 3.09. The number of nitrogens with zero attached hydrogens (tertiary/aromatic N) is 3. The number of benzene rings is 2. The topological polar surface area (TPSA) is 68.9 Å². The summed E-state index contributed by atoms with van der Waals surface area (Å²) in [6.07, 6.45) is 1.67. The maximum Gasteiger partial charge on any atom is 0.291 e. The Morgan fingerprint density at radius 3 is 2.57 bits per heavy atom. The van der Waals surface area contributed by atoms with Crippen LogP contribution < -0.4 is 10.9 Å². The van der Waals surface area contributed by atoms with Crippen molar-refractivity contribution < 1.29 is 4.79 Å². The molecule has 28 heavy (non-hydrogen) atoms. The molecule has 2 aromatic carbocycles. The van der Waals surface area contributed by atoms with Crippen molar-refractivity contribution in [1.82, 2.24) is 19.7 Å². The molecule has 0 aliphatic carbocycles. The molecular formula is C22H22N4O2. The number of para-hydroxylation sites is 1. The molecule has 0 fully saturated rings. The lowest BCUT2D eigenvalue weighted by Gasteiger charge is -2.13. The molecule has 0 radical (unpaired) electrons. The molecule has 0 saturated carbocycles. The Hall–Kier alpha value is -3.41. The minimum Gasteiger partial charge on any atom is -0.354 e. The summed E-state index contributed by atoms with van der Waals surface area (Å²) in [4.78, 5) is 25.3. The van der Waals surface area contributed by atoms with Gasteiger partial charge in [0.05, 0.1) is 6.20 Å². The van der Waals surface area contributed by atoms with E-state index >= 15 is 0 Å². The number of aromatic nitrogens is 3. The fraction of sp³-hybridized carbons (Fsp3) is 0.227. The first kappa shape index (κ1) is 18.0. The Bertz CT molecular complexity index is 1210. The maximum atomic E-state index is 12.9. The largest absolute Gasteiger partial charge is 0.354 e. The van der Waals surface area contributed by atoms with Crippen LogP contribution in [0.15, 0.2) is 65.6 Å². The highest BCUT2D eigenvalue weighted by Gasteiger charge is 2.15. The van der Waals surface area contributed by atoms with Crippen LogP contribution in [-0.2, 0) is 18.4 Å². The van der Waals surface area contributed by atoms with Gasteiger partial charge in [-0.15, -0.1) is 0 Å². The Morgan fingerprint density at radius 1 is 1.07 bits per heavy atom. The summed E-state index contributed by atoms with van der Waals surface area (Å²) in [5.74, 6) is -0.0361. The smallest absolute Gasteiger partial charge is 0.291 e. The minimum absolute atomic E-state index is 0.0994. The van der Waals surface area contributed by atoms with Gasteiger partial charge in [0.25, 0.3) is 5.56 Å². The van der Waals surface area contributed by atoms with Crippen molar-refractivity contribution >= 4 is 27.7 Å². The third-order valence-electron chi connectivity index (χ3n) is 5.18. The molecule has 0 aliphatic rings. The molecule has 6 nitrogen and oxygen atoms in total. The zero-order chi connectivity index (χ0) is 19.7. The normalized spacial score (nSPS) is 12.4. The second kappa shape index (κ2) is 7.31. The van der Waals surface area contributed by atoms with Gasteiger partial charge in [0.1, 0.15) is 12.1 Å². The van der Waals surface area contributed by atoms with Crippen LogP contribution in [0.4, 0.5) is 0 Å². The number of rotatable bonds is 5. The average Bonchev–Trinajstić information content (AvgIpc) is 3.02. The molecule has 4 rings (SSSR count). The van der Waals surface area contributed by atoms with Crippen LogP contribution >= 0.6 is 0 Å². The molecule has 1 N–H and O–H groups in total. The van der Waals surface area contributed by atoms with E-state index in [0.29, 0.717) is 12.1 Å². The number of carbonyl (C=O) groups excluding carboxylic acids is 1. The standard InChI is InChI=1S/C22H22N4O2/c1-15(16-8-4-3-5-9-16)12-23-20(27)14-26-22(28)21-18(13-24-26)17-10-6-7-11-19(17)25(21)2/h3-11,13,15H,12,14H2,1-2H3,(H,23,27). The lowest BCUT2D eigenvalue weighted by Crippen LogP contribution is -2.35. The van der Waals surface area contributed by atoms with Crippen molar-refractivity contribution in [2.75, 3.05) is 6.54 Å². The predicted molar refractivity (Wildman–Crippen MR) is 110 cm³/mol. The molecule has 142 valence electrons. The van der Waals surface area contributed by atoms with Crippen molar-refractivity contribution in [2.24, 2.45) is 7.05 Å². The van der Waals surface area contributed by atoms with Crippen molar-refractivity contribution in [1.29, 1.82) is 0 Å². The van der Waals surface area contributed by atoms with Gasteiger partial charge in [-0.3, -0.25) is 9.59 Å². The molecule has 2 heterocycles. The molecule has 0 aliphatic heterocycles. The molecule has 1 amide bonds. The third kappa shape index (κ3) is 3.17. The lowest BCUT2D eigenvalue weighted by atomic mass is 10.0. The van der Waals surface area contributed by atoms with Gasteiger partial charge >= 0.3 is 0 Å². The first-order valence-electron chi connectivity index (χ1n) is 9.31. The van der Waals surface area contributed by atoms with E-state index in [0.717, 1.165) is 21.9 Å². The van der Waals surface area contributed by atoms with Gasteiger partial charge in [0.2, 0.25) is 5.91 Å². The van der Waals surface area contributed by atoms with Crippen LogP contribution in [0.2, 0.25) is 0 Å². The summed E-state index contributed by atoms with van der Waals surface area (Å²) >= 11 is 0. The number of hydrogen-bond acceptors (Lipinski definition) is 3. The minimum atomic E-state index is -0.262. The van der Waals surface area contributed by atoms with Gasteiger partial charge in [0.15, 0.2) is 0 Å². The van der Waals surface area contributed by atoms with Crippen LogP contribution in [0.3, 0.4) is 0 Å². The van der Waals surface area contributed by atoms with Crippen molar-refractivity contribution in [3.05, 3.63) is 76.7 Å². The number of carbonyl (C=O) groups is 1. The van der Waals surface area contributed by atoms with Crippen LogP contribution in [-0.4, -0.2) is 26.8 Å². The first-order chi connectivity index (χ1) is 13.6. The number of amides is 1. The number of aryl methyl sites for hydroxylation is 1. The SMILES string of the molecule is CC(CNC(=O)Cn1ncc2c3ccccc3n(C)c2c1=O)c1ccccc1. The van der Waals surface area contributed by atoms with Crippen molar-refractivity contribution in [3.63, 3.8) is 0 Å². The van der Waals surface area contributed by atoms with Crippen LogP contribution in [0.5, 0.6) is 0 Å². The van der Waals surface area contributed by atoms with E-state index in [4.69, 9.17) is 0 Å². The molecule has 6 heteroatoms. The third-order valence-corrected chi connectivity index (χ3v) is 5.18. The molecule has 0 bridgehead atoms. The zero-order valence-corrected chi connectivity index (χ0v) is 15.9. The molecule has 2 aromatic heterocycles. The van der Waals surface area contributed by atoms with Gasteiger partial charge in [-0.05, 0) is 17.5 Å². The molecule has 0 spiro atoms. The Balaban J connectivity index is 1.54. The molecule has 1 unspecified atom stereocenters. The quantitative estimate of drug-likeness (QED) is 0.584. The highest BCUT2D eigenvalue weighted by molar-refractivity contribution is 6.07. The summed E-state index contributed by atoms with van der Waals surface area (Å²) in [6.45, 7) is 2.47. The zero-order valence-electron chi connectivity index (χ0n) is 15.9. The van der Waals surface area contributed by atoms with E-state index in [1.165, 1.54) is 4.68 Å². The highest BCUT2D eigenvalue weighted by atomic mass is 16.2. The van der Waals surface area contributed by atoms with Gasteiger partial charge in [-0.1, -0.05) is 55.5 Å². The van der Waals surface area contributed by atoms with E-state index in [1.54, 1.807) is 6.20 Å². The van der Waals surface area contributed by atoms with Gasteiger partial charge in [-0.2, -0.15) is 5.10 Å². The van der Waals surface area contributed by atoms with E-state index in [-0.39, 0.29) is 23.9 Å². The Morgan fingerprint density at radius 2 is 1.79 bits per heavy atom. The first-order valence-corrected chi connectivity index (χ1v) is 9.31. The van der Waals surface area contributed by atoms with Crippen LogP contribution in [0, 0.1) is 0 Å². The lowest BCUT2D eigenvalue weighted by molar-refractivity contribution is -0.121. The van der Waals surface area contributed by atoms with Crippen LogP contribution in [0.1, 0.15) is 18.4 Å². The van der Waals surface area contributed by atoms with Gasteiger partial charge < -0.3 is 9.88 Å². The highest BCUT2D eigenvalue weighted by Crippen LogP contribution is 2.24. The molecular weight excluding hydrogens is 352 g/mol. The van der Waals surface area contributed by atoms with Crippen molar-refractivity contribution in [3.8, 4) is 0 Å². The summed E-state index contributed by atoms with van der Waals surface area (Å²) in [6, 6.07) is 17.8. The maximum absolute atomic E-state index is 12.9. The second-order valence-corrected chi connectivity index (χ2v) is 7.06. The summed E-state index contributed by atoms with van der Waals surface area (Å²) in [5.41, 5.74) is 2.43. The van der Waals surface area contributed by atoms with Gasteiger partial charge in [-0.25, -0.2) is 4.68 Å². The predicted octanol–water partition coefficient (Wildman–Crippen LogP) is 2.81. The van der Waals surface area contributed by atoms with E-state index in [1.807, 2.05) is 66.2 Å². The fourth-order valence-electron chi connectivity index (χ4n) is 3.58. The summed E-state index contributed by atoms with van der Waals surface area (Å²) in [7, 11) is 1.86. The monoisotopic (exact) mass is 374 g/mol. The van der Waals surface area contributed by atoms with Crippen LogP contribution in [0.25, 0.3) is 21.8 Å². The van der Waals surface area contributed by atoms with Crippen molar-refractivity contribution in [2.45, 2.75) is 19.4 Å². The second-order valence-electron chi connectivity index (χ2n) is 7.06. The molecule has 4 aromatic rings.